The highest BCUT2D eigenvalue weighted by molar-refractivity contribution is 7.07. The van der Waals surface area contributed by atoms with Gasteiger partial charge < -0.3 is 0 Å². The molecular weight excluding hydrogens is 409 g/mol. The zero-order valence-electron chi connectivity index (χ0n) is 15.8. The third-order valence-corrected chi connectivity index (χ3v) is 5.97. The quantitative estimate of drug-likeness (QED) is 0.516. The van der Waals surface area contributed by atoms with E-state index in [0.717, 1.165) is 31.6 Å². The summed E-state index contributed by atoms with van der Waals surface area (Å²) in [6.07, 6.45) is 2.98. The number of hydrogen-bond acceptors (Lipinski definition) is 4. The van der Waals surface area contributed by atoms with E-state index in [1.54, 1.807) is 46.8 Å². The van der Waals surface area contributed by atoms with Gasteiger partial charge in [-0.15, -0.1) is 11.3 Å². The first-order valence-corrected chi connectivity index (χ1v) is 10.9. The zero-order valence-corrected chi connectivity index (χ0v) is 17.4. The summed E-state index contributed by atoms with van der Waals surface area (Å²) in [7, 11) is 0. The van der Waals surface area contributed by atoms with Gasteiger partial charge in [0.05, 0.1) is 11.2 Å². The Morgan fingerprint density at radius 2 is 1.76 bits per heavy atom. The van der Waals surface area contributed by atoms with E-state index in [9.17, 15) is 9.18 Å². The van der Waals surface area contributed by atoms with E-state index >= 15 is 0 Å². The SMILES string of the molecule is O=C(c1ccc(Cl)cc1)N(c1ccc(F)cc1)C(c1cscn1)N1CCCCC1. The van der Waals surface area contributed by atoms with Gasteiger partial charge in [-0.3, -0.25) is 14.6 Å². The molecule has 2 aromatic carbocycles. The molecule has 7 heteroatoms. The second-order valence-corrected chi connectivity index (χ2v) is 8.20. The summed E-state index contributed by atoms with van der Waals surface area (Å²) < 4.78 is 13.6. The number of halogens is 2. The Morgan fingerprint density at radius 3 is 2.38 bits per heavy atom. The molecule has 1 aliphatic rings. The van der Waals surface area contributed by atoms with Crippen molar-refractivity contribution >= 4 is 34.5 Å². The fourth-order valence-electron chi connectivity index (χ4n) is 3.70. The predicted molar refractivity (Wildman–Crippen MR) is 115 cm³/mol. The number of amides is 1. The minimum atomic E-state index is -0.352. The first-order valence-electron chi connectivity index (χ1n) is 9.60. The first kappa shape index (κ1) is 20.0. The van der Waals surface area contributed by atoms with Gasteiger partial charge >= 0.3 is 0 Å². The summed E-state index contributed by atoms with van der Waals surface area (Å²) in [5.74, 6) is -0.507. The zero-order chi connectivity index (χ0) is 20.2. The average molecular weight is 430 g/mol. The first-order chi connectivity index (χ1) is 14.1. The number of benzene rings is 2. The van der Waals surface area contributed by atoms with Gasteiger partial charge in [-0.05, 0) is 61.4 Å². The van der Waals surface area contributed by atoms with Crippen molar-refractivity contribution < 1.29 is 9.18 Å². The van der Waals surface area contributed by atoms with Gasteiger partial charge in [0.25, 0.3) is 5.91 Å². The summed E-state index contributed by atoms with van der Waals surface area (Å²) >= 11 is 7.52. The Labute approximate surface area is 178 Å². The Bertz CT molecular complexity index is 941. The van der Waals surface area contributed by atoms with Crippen molar-refractivity contribution in [1.82, 2.24) is 9.88 Å². The standard InChI is InChI=1S/C22H21ClFN3OS/c23-17-6-4-16(5-7-17)22(28)27(19-10-8-18(24)9-11-19)21(20-14-29-15-25-20)26-12-2-1-3-13-26/h4-11,14-15,21H,1-3,12-13H2. The molecule has 0 N–H and O–H groups in total. The molecule has 3 aromatic rings. The van der Waals surface area contributed by atoms with Gasteiger partial charge in [0.15, 0.2) is 0 Å². The molecule has 150 valence electrons. The van der Waals surface area contributed by atoms with Gasteiger partial charge in [-0.1, -0.05) is 18.0 Å². The van der Waals surface area contributed by atoms with Crippen LogP contribution in [0, 0.1) is 5.82 Å². The minimum absolute atomic E-state index is 0.170. The number of anilines is 1. The summed E-state index contributed by atoms with van der Waals surface area (Å²) in [6.45, 7) is 1.77. The van der Waals surface area contributed by atoms with Gasteiger partial charge in [-0.25, -0.2) is 9.37 Å². The Balaban J connectivity index is 1.81. The lowest BCUT2D eigenvalue weighted by molar-refractivity contribution is 0.0897. The molecule has 1 aliphatic heterocycles. The van der Waals surface area contributed by atoms with Crippen molar-refractivity contribution in [2.75, 3.05) is 18.0 Å². The molecule has 0 spiro atoms. The molecule has 4 rings (SSSR count). The van der Waals surface area contributed by atoms with Gasteiger partial charge in [-0.2, -0.15) is 0 Å². The lowest BCUT2D eigenvalue weighted by Gasteiger charge is -2.40. The summed E-state index contributed by atoms with van der Waals surface area (Å²) in [5.41, 5.74) is 3.76. The lowest BCUT2D eigenvalue weighted by Crippen LogP contribution is -2.47. The second kappa shape index (κ2) is 9.03. The van der Waals surface area contributed by atoms with Crippen molar-refractivity contribution in [3.05, 3.63) is 81.5 Å². The van der Waals surface area contributed by atoms with Crippen LogP contribution in [0.1, 0.15) is 41.5 Å². The fourth-order valence-corrected chi connectivity index (χ4v) is 4.39. The maximum absolute atomic E-state index is 13.7. The highest BCUT2D eigenvalue weighted by Crippen LogP contribution is 2.34. The van der Waals surface area contributed by atoms with Gasteiger partial charge in [0, 0.05) is 34.7 Å². The molecule has 1 saturated heterocycles. The maximum atomic E-state index is 13.7. The van der Waals surface area contributed by atoms with Crippen LogP contribution in [0.15, 0.2) is 59.4 Å². The van der Waals surface area contributed by atoms with Crippen molar-refractivity contribution in [1.29, 1.82) is 0 Å². The molecule has 4 nitrogen and oxygen atoms in total. The Kier molecular flexibility index (Phi) is 6.23. The number of rotatable bonds is 5. The van der Waals surface area contributed by atoms with Gasteiger partial charge in [0.2, 0.25) is 0 Å². The number of piperidine rings is 1. The van der Waals surface area contributed by atoms with E-state index in [2.05, 4.69) is 9.88 Å². The Morgan fingerprint density at radius 1 is 1.07 bits per heavy atom. The molecular formula is C22H21ClFN3OS. The molecule has 1 atom stereocenters. The fraction of sp³-hybridized carbons (Fsp3) is 0.273. The van der Waals surface area contributed by atoms with Gasteiger partial charge in [0.1, 0.15) is 12.0 Å². The molecule has 0 bridgehead atoms. The van der Waals surface area contributed by atoms with Crippen LogP contribution in [0.5, 0.6) is 0 Å². The number of carbonyl (C=O) groups is 1. The highest BCUT2D eigenvalue weighted by atomic mass is 35.5. The van der Waals surface area contributed by atoms with Crippen LogP contribution in [0.2, 0.25) is 5.02 Å². The molecule has 0 radical (unpaired) electrons. The maximum Gasteiger partial charge on any atom is 0.259 e. The van der Waals surface area contributed by atoms with Crippen LogP contribution < -0.4 is 4.90 Å². The van der Waals surface area contributed by atoms with Crippen molar-refractivity contribution in [3.8, 4) is 0 Å². The monoisotopic (exact) mass is 429 g/mol. The van der Waals surface area contributed by atoms with Crippen molar-refractivity contribution in [2.24, 2.45) is 0 Å². The topological polar surface area (TPSA) is 36.4 Å². The number of carbonyl (C=O) groups excluding carboxylic acids is 1. The molecule has 0 saturated carbocycles. The molecule has 1 amide bonds. The van der Waals surface area contributed by atoms with Crippen LogP contribution in [0.4, 0.5) is 10.1 Å². The number of aromatic nitrogens is 1. The third kappa shape index (κ3) is 4.50. The predicted octanol–water partition coefficient (Wildman–Crippen LogP) is 5.77. The van der Waals surface area contributed by atoms with Crippen LogP contribution in [-0.2, 0) is 0 Å². The highest BCUT2D eigenvalue weighted by Gasteiger charge is 2.34. The number of nitrogens with zero attached hydrogens (tertiary/aromatic N) is 3. The molecule has 1 unspecified atom stereocenters. The summed E-state index contributed by atoms with van der Waals surface area (Å²) in [6, 6.07) is 12.9. The lowest BCUT2D eigenvalue weighted by atomic mass is 10.1. The number of likely N-dealkylation sites (tertiary alicyclic amines) is 1. The van der Waals surface area contributed by atoms with Crippen LogP contribution in [0.25, 0.3) is 0 Å². The summed E-state index contributed by atoms with van der Waals surface area (Å²) in [5, 5.41) is 2.55. The second-order valence-electron chi connectivity index (χ2n) is 7.04. The van der Waals surface area contributed by atoms with E-state index in [-0.39, 0.29) is 17.9 Å². The van der Waals surface area contributed by atoms with Crippen molar-refractivity contribution in [2.45, 2.75) is 25.4 Å². The molecule has 1 aromatic heterocycles. The Hall–Kier alpha value is -2.28. The smallest absolute Gasteiger partial charge is 0.259 e. The van der Waals surface area contributed by atoms with E-state index < -0.39 is 0 Å². The molecule has 2 heterocycles. The number of hydrogen-bond donors (Lipinski definition) is 0. The van der Waals surface area contributed by atoms with E-state index in [1.807, 2.05) is 5.38 Å². The van der Waals surface area contributed by atoms with E-state index in [4.69, 9.17) is 11.6 Å². The normalized spacial score (nSPS) is 15.8. The minimum Gasteiger partial charge on any atom is -0.286 e. The van der Waals surface area contributed by atoms with Crippen molar-refractivity contribution in [3.63, 3.8) is 0 Å². The van der Waals surface area contributed by atoms with Crippen LogP contribution in [0.3, 0.4) is 0 Å². The largest absolute Gasteiger partial charge is 0.286 e. The summed E-state index contributed by atoms with van der Waals surface area (Å²) in [4.78, 5) is 22.2. The molecule has 1 fully saturated rings. The molecule has 29 heavy (non-hydrogen) atoms. The average Bonchev–Trinajstić information content (AvgIpc) is 3.28. The molecule has 0 aliphatic carbocycles. The third-order valence-electron chi connectivity index (χ3n) is 5.11. The van der Waals surface area contributed by atoms with Crippen LogP contribution >= 0.6 is 22.9 Å². The van der Waals surface area contributed by atoms with Crippen LogP contribution in [-0.4, -0.2) is 28.9 Å². The van der Waals surface area contributed by atoms with E-state index in [1.165, 1.54) is 29.9 Å². The number of thiazole rings is 1. The van der Waals surface area contributed by atoms with E-state index in [0.29, 0.717) is 16.3 Å².